The standard InChI is InChI=1S/C11H9NO5/c1-6(12(16)17)11(15)9(13)7-4-2-3-5-8(7)10(11)14/h2-6,15H,1H3/t6-/m0/s1. The van der Waals surface area contributed by atoms with Gasteiger partial charge in [0.15, 0.2) is 0 Å². The Kier molecular flexibility index (Phi) is 2.32. The molecule has 0 saturated heterocycles. The molecule has 0 saturated carbocycles. The second-order valence-corrected chi connectivity index (χ2v) is 3.93. The molecule has 0 amide bonds. The molecule has 0 aromatic heterocycles. The van der Waals surface area contributed by atoms with Crippen molar-refractivity contribution in [2.45, 2.75) is 18.6 Å². The molecular formula is C11H9NO5. The molecule has 1 aliphatic rings. The molecule has 0 bridgehead atoms. The smallest absolute Gasteiger partial charge is 0.258 e. The van der Waals surface area contributed by atoms with Crippen molar-refractivity contribution in [1.82, 2.24) is 0 Å². The molecule has 1 atom stereocenters. The van der Waals surface area contributed by atoms with Gasteiger partial charge in [-0.2, -0.15) is 0 Å². The van der Waals surface area contributed by atoms with Crippen molar-refractivity contribution in [2.24, 2.45) is 0 Å². The van der Waals surface area contributed by atoms with Crippen molar-refractivity contribution >= 4 is 11.6 Å². The number of ketones is 2. The highest BCUT2D eigenvalue weighted by Crippen LogP contribution is 2.33. The average Bonchev–Trinajstić information content (AvgIpc) is 2.52. The minimum Gasteiger partial charge on any atom is -0.369 e. The Labute approximate surface area is 96.0 Å². The van der Waals surface area contributed by atoms with Crippen LogP contribution < -0.4 is 0 Å². The van der Waals surface area contributed by atoms with E-state index in [1.807, 2.05) is 0 Å². The Hall–Kier alpha value is -2.08. The zero-order valence-electron chi connectivity index (χ0n) is 8.91. The first-order chi connectivity index (χ1) is 7.90. The highest BCUT2D eigenvalue weighted by molar-refractivity contribution is 6.32. The lowest BCUT2D eigenvalue weighted by Gasteiger charge is -2.19. The van der Waals surface area contributed by atoms with E-state index in [0.29, 0.717) is 0 Å². The summed E-state index contributed by atoms with van der Waals surface area (Å²) < 4.78 is 0. The Morgan fingerprint density at radius 1 is 1.24 bits per heavy atom. The van der Waals surface area contributed by atoms with Crippen LogP contribution in [-0.4, -0.2) is 33.2 Å². The van der Waals surface area contributed by atoms with Crippen molar-refractivity contribution in [3.63, 3.8) is 0 Å². The van der Waals surface area contributed by atoms with Crippen molar-refractivity contribution in [3.8, 4) is 0 Å². The van der Waals surface area contributed by atoms with E-state index in [-0.39, 0.29) is 11.1 Å². The number of hydrogen-bond acceptors (Lipinski definition) is 5. The predicted octanol–water partition coefficient (Wildman–Crippen LogP) is 0.462. The van der Waals surface area contributed by atoms with Crippen LogP contribution in [0.5, 0.6) is 0 Å². The monoisotopic (exact) mass is 235 g/mol. The summed E-state index contributed by atoms with van der Waals surface area (Å²) in [6, 6.07) is 4.15. The minimum atomic E-state index is -2.58. The predicted molar refractivity (Wildman–Crippen MR) is 56.5 cm³/mol. The van der Waals surface area contributed by atoms with Crippen molar-refractivity contribution in [1.29, 1.82) is 0 Å². The summed E-state index contributed by atoms with van der Waals surface area (Å²) in [6.45, 7) is 1.04. The third-order valence-electron chi connectivity index (χ3n) is 3.03. The molecule has 17 heavy (non-hydrogen) atoms. The van der Waals surface area contributed by atoms with Crippen LogP contribution in [-0.2, 0) is 0 Å². The normalized spacial score (nSPS) is 18.9. The van der Waals surface area contributed by atoms with Gasteiger partial charge in [-0.3, -0.25) is 19.7 Å². The maximum Gasteiger partial charge on any atom is 0.258 e. The molecule has 0 radical (unpaired) electrons. The number of carbonyl (C=O) groups excluding carboxylic acids is 2. The number of nitro groups is 1. The van der Waals surface area contributed by atoms with Crippen molar-refractivity contribution in [3.05, 3.63) is 45.5 Å². The van der Waals surface area contributed by atoms with Gasteiger partial charge in [0.2, 0.25) is 11.6 Å². The van der Waals surface area contributed by atoms with Gasteiger partial charge in [-0.15, -0.1) is 0 Å². The summed E-state index contributed by atoms with van der Waals surface area (Å²) in [6.07, 6.45) is 0. The second kappa shape index (κ2) is 3.46. The first-order valence-electron chi connectivity index (χ1n) is 4.95. The van der Waals surface area contributed by atoms with Gasteiger partial charge in [-0.05, 0) is 0 Å². The number of nitrogens with zero attached hydrogens (tertiary/aromatic N) is 1. The fraction of sp³-hybridized carbons (Fsp3) is 0.273. The maximum absolute atomic E-state index is 11.9. The van der Waals surface area contributed by atoms with E-state index in [2.05, 4.69) is 0 Å². The van der Waals surface area contributed by atoms with E-state index in [0.717, 1.165) is 6.92 Å². The van der Waals surface area contributed by atoms with Crippen molar-refractivity contribution in [2.75, 3.05) is 0 Å². The number of aliphatic hydroxyl groups is 1. The van der Waals surface area contributed by atoms with Crippen LogP contribution in [0, 0.1) is 10.1 Å². The van der Waals surface area contributed by atoms with Gasteiger partial charge in [0.25, 0.3) is 11.6 Å². The number of benzene rings is 1. The number of fused-ring (bicyclic) bond motifs is 1. The molecule has 0 fully saturated rings. The highest BCUT2D eigenvalue weighted by atomic mass is 16.6. The summed E-state index contributed by atoms with van der Waals surface area (Å²) >= 11 is 0. The fourth-order valence-corrected chi connectivity index (χ4v) is 1.92. The maximum atomic E-state index is 11.9. The van der Waals surface area contributed by atoms with E-state index in [1.165, 1.54) is 24.3 Å². The summed E-state index contributed by atoms with van der Waals surface area (Å²) in [5.41, 5.74) is -2.50. The van der Waals surface area contributed by atoms with Crippen LogP contribution in [0.15, 0.2) is 24.3 Å². The molecule has 88 valence electrons. The topological polar surface area (TPSA) is 97.5 Å². The third-order valence-corrected chi connectivity index (χ3v) is 3.03. The molecule has 0 aliphatic heterocycles. The lowest BCUT2D eigenvalue weighted by molar-refractivity contribution is -0.531. The Bertz CT molecular complexity index is 501. The number of rotatable bonds is 2. The zero-order chi connectivity index (χ0) is 12.8. The average molecular weight is 235 g/mol. The van der Waals surface area contributed by atoms with E-state index in [4.69, 9.17) is 0 Å². The minimum absolute atomic E-state index is 0.0358. The van der Waals surface area contributed by atoms with E-state index in [1.54, 1.807) is 0 Å². The molecule has 1 aliphatic carbocycles. The van der Waals surface area contributed by atoms with E-state index < -0.39 is 28.1 Å². The van der Waals surface area contributed by atoms with Crippen LogP contribution in [0.1, 0.15) is 27.6 Å². The molecular weight excluding hydrogens is 226 g/mol. The highest BCUT2D eigenvalue weighted by Gasteiger charge is 2.60. The summed E-state index contributed by atoms with van der Waals surface area (Å²) in [5.74, 6) is -1.80. The molecule has 6 nitrogen and oxygen atoms in total. The van der Waals surface area contributed by atoms with Gasteiger partial charge in [-0.25, -0.2) is 0 Å². The van der Waals surface area contributed by atoms with E-state index in [9.17, 15) is 24.8 Å². The van der Waals surface area contributed by atoms with Crippen LogP contribution in [0.3, 0.4) is 0 Å². The lowest BCUT2D eigenvalue weighted by Crippen LogP contribution is -2.53. The quantitative estimate of drug-likeness (QED) is 0.456. The second-order valence-electron chi connectivity index (χ2n) is 3.93. The molecule has 0 spiro atoms. The van der Waals surface area contributed by atoms with Crippen LogP contribution in [0.2, 0.25) is 0 Å². The van der Waals surface area contributed by atoms with Gasteiger partial charge in [0.05, 0.1) is 0 Å². The van der Waals surface area contributed by atoms with Crippen LogP contribution in [0.4, 0.5) is 0 Å². The van der Waals surface area contributed by atoms with Gasteiger partial charge in [0.1, 0.15) is 0 Å². The third kappa shape index (κ3) is 1.31. The van der Waals surface area contributed by atoms with E-state index >= 15 is 0 Å². The molecule has 0 unspecified atom stereocenters. The Morgan fingerprint density at radius 2 is 1.65 bits per heavy atom. The summed E-state index contributed by atoms with van der Waals surface area (Å²) in [4.78, 5) is 33.6. The molecule has 1 aromatic rings. The van der Waals surface area contributed by atoms with Crippen LogP contribution >= 0.6 is 0 Å². The van der Waals surface area contributed by atoms with Gasteiger partial charge in [-0.1, -0.05) is 24.3 Å². The Balaban J connectivity index is 2.60. The Morgan fingerprint density at radius 3 is 2.00 bits per heavy atom. The molecule has 6 heteroatoms. The SMILES string of the molecule is C[C@H]([N+](=O)[O-])C1(O)C(=O)c2ccccc2C1=O. The summed E-state index contributed by atoms with van der Waals surface area (Å²) in [5, 5.41) is 20.7. The fourth-order valence-electron chi connectivity index (χ4n) is 1.92. The summed E-state index contributed by atoms with van der Waals surface area (Å²) in [7, 11) is 0. The zero-order valence-corrected chi connectivity index (χ0v) is 8.91. The molecule has 2 rings (SSSR count). The van der Waals surface area contributed by atoms with Gasteiger partial charge < -0.3 is 5.11 Å². The molecule has 1 N–H and O–H groups in total. The molecule has 1 aromatic carbocycles. The first-order valence-corrected chi connectivity index (χ1v) is 4.95. The first kappa shape index (κ1) is 11.4. The van der Waals surface area contributed by atoms with Crippen LogP contribution in [0.25, 0.3) is 0 Å². The molecule has 0 heterocycles. The number of Topliss-reactive ketones (excluding diaryl/α,β-unsaturated/α-hetero) is 2. The lowest BCUT2D eigenvalue weighted by atomic mass is 9.90. The number of hydrogen-bond donors (Lipinski definition) is 1. The largest absolute Gasteiger partial charge is 0.369 e. The van der Waals surface area contributed by atoms with Crippen molar-refractivity contribution < 1.29 is 19.6 Å². The van der Waals surface area contributed by atoms with Gasteiger partial charge >= 0.3 is 0 Å². The number of carbonyl (C=O) groups is 2. The van der Waals surface area contributed by atoms with Gasteiger partial charge in [0, 0.05) is 23.0 Å².